The molecule has 2 heteroatoms. The van der Waals surface area contributed by atoms with E-state index in [0.29, 0.717) is 0 Å². The zero-order valence-electron chi connectivity index (χ0n) is 6.86. The molecule has 1 N–H and O–H groups in total. The molecule has 0 aromatic carbocycles. The van der Waals surface area contributed by atoms with Crippen LogP contribution in [0.2, 0.25) is 0 Å². The Kier molecular flexibility index (Phi) is 3.16. The Labute approximate surface area is 73.1 Å². The second kappa shape index (κ2) is 3.93. The molecule has 1 heterocycles. The van der Waals surface area contributed by atoms with E-state index in [1.54, 1.807) is 0 Å². The van der Waals surface area contributed by atoms with Gasteiger partial charge >= 0.3 is 0 Å². The van der Waals surface area contributed by atoms with Gasteiger partial charge in [0.2, 0.25) is 0 Å². The van der Waals surface area contributed by atoms with E-state index in [1.807, 2.05) is 6.92 Å². The van der Waals surface area contributed by atoms with Crippen molar-refractivity contribution in [3.05, 3.63) is 23.8 Å². The lowest BCUT2D eigenvalue weighted by molar-refractivity contribution is 0.694. The number of halogens is 1. The number of hydrogen-bond acceptors (Lipinski definition) is 1. The number of nitrogens with one attached hydrogen (secondary N) is 1. The van der Waals surface area contributed by atoms with Gasteiger partial charge in [-0.25, -0.2) is 0 Å². The van der Waals surface area contributed by atoms with Gasteiger partial charge in [0.05, 0.1) is 5.38 Å². The summed E-state index contributed by atoms with van der Waals surface area (Å²) < 4.78 is 0. The van der Waals surface area contributed by atoms with Crippen LogP contribution in [0.4, 0.5) is 0 Å². The first-order chi connectivity index (χ1) is 5.18. The fourth-order valence-electron chi connectivity index (χ4n) is 1.25. The number of rotatable bonds is 2. The number of allylic oxidation sites excluding steroid dienone is 1. The van der Waals surface area contributed by atoms with Crippen molar-refractivity contribution in [3.63, 3.8) is 0 Å². The molecule has 0 saturated heterocycles. The van der Waals surface area contributed by atoms with Gasteiger partial charge < -0.3 is 5.32 Å². The highest BCUT2D eigenvalue weighted by atomic mass is 35.5. The number of alkyl halides is 1. The summed E-state index contributed by atoms with van der Waals surface area (Å²) in [5, 5.41) is 3.41. The molecule has 0 aromatic rings. The lowest BCUT2D eigenvalue weighted by Gasteiger charge is -2.17. The second-order valence-electron chi connectivity index (χ2n) is 3.11. The predicted molar refractivity (Wildman–Crippen MR) is 50.0 cm³/mol. The summed E-state index contributed by atoms with van der Waals surface area (Å²) in [6, 6.07) is 0. The maximum atomic E-state index is 5.93. The first-order valence-electron chi connectivity index (χ1n) is 3.87. The van der Waals surface area contributed by atoms with E-state index < -0.39 is 0 Å². The molecule has 11 heavy (non-hydrogen) atoms. The Morgan fingerprint density at radius 1 is 1.91 bits per heavy atom. The van der Waals surface area contributed by atoms with Crippen LogP contribution in [-0.4, -0.2) is 18.5 Å². The summed E-state index contributed by atoms with van der Waals surface area (Å²) in [5.74, 6) is 0. The summed E-state index contributed by atoms with van der Waals surface area (Å²) >= 11 is 5.93. The van der Waals surface area contributed by atoms with Crippen LogP contribution in [0.3, 0.4) is 0 Å². The lowest BCUT2D eigenvalue weighted by Crippen LogP contribution is -2.29. The minimum absolute atomic E-state index is 0.165. The minimum Gasteiger partial charge on any atom is -0.311 e. The third-order valence-electron chi connectivity index (χ3n) is 1.64. The van der Waals surface area contributed by atoms with Gasteiger partial charge in [0.1, 0.15) is 0 Å². The molecule has 0 aromatic heterocycles. The molecule has 0 amide bonds. The molecule has 62 valence electrons. The molecule has 0 saturated carbocycles. The maximum Gasteiger partial charge on any atom is 0.0643 e. The molecule has 1 atom stereocenters. The second-order valence-corrected chi connectivity index (χ2v) is 3.67. The zero-order chi connectivity index (χ0) is 8.27. The maximum absolute atomic E-state index is 5.93. The van der Waals surface area contributed by atoms with Gasteiger partial charge in [-0.3, -0.25) is 0 Å². The largest absolute Gasteiger partial charge is 0.311 e. The number of hydrogen-bond donors (Lipinski definition) is 1. The highest BCUT2D eigenvalue weighted by molar-refractivity contribution is 6.22. The van der Waals surface area contributed by atoms with E-state index in [9.17, 15) is 0 Å². The van der Waals surface area contributed by atoms with Crippen molar-refractivity contribution in [2.24, 2.45) is 0 Å². The van der Waals surface area contributed by atoms with Gasteiger partial charge in [-0.05, 0) is 13.3 Å². The molecule has 0 bridgehead atoms. The van der Waals surface area contributed by atoms with Crippen molar-refractivity contribution in [1.29, 1.82) is 0 Å². The quantitative estimate of drug-likeness (QED) is 0.496. The van der Waals surface area contributed by atoms with Crippen molar-refractivity contribution in [2.75, 3.05) is 13.1 Å². The summed E-state index contributed by atoms with van der Waals surface area (Å²) in [6.07, 6.45) is 3.11. The summed E-state index contributed by atoms with van der Waals surface area (Å²) in [6.45, 7) is 7.76. The molecular weight excluding hydrogens is 158 g/mol. The Bertz CT molecular complexity index is 184. The van der Waals surface area contributed by atoms with E-state index in [1.165, 1.54) is 11.1 Å². The molecule has 1 nitrogen and oxygen atoms in total. The van der Waals surface area contributed by atoms with E-state index in [2.05, 4.69) is 18.0 Å². The van der Waals surface area contributed by atoms with Crippen LogP contribution in [-0.2, 0) is 0 Å². The monoisotopic (exact) mass is 171 g/mol. The Hall–Kier alpha value is -0.270. The highest BCUT2D eigenvalue weighted by Crippen LogP contribution is 2.13. The fraction of sp³-hybridized carbons (Fsp3) is 0.556. The third-order valence-corrected chi connectivity index (χ3v) is 1.92. The van der Waals surface area contributed by atoms with Crippen LogP contribution < -0.4 is 5.32 Å². The Morgan fingerprint density at radius 2 is 2.64 bits per heavy atom. The minimum atomic E-state index is 0.165. The van der Waals surface area contributed by atoms with Gasteiger partial charge in [0.25, 0.3) is 0 Å². The third kappa shape index (κ3) is 3.08. The summed E-state index contributed by atoms with van der Waals surface area (Å²) in [7, 11) is 0. The molecule has 0 spiro atoms. The summed E-state index contributed by atoms with van der Waals surface area (Å²) in [5.41, 5.74) is 2.56. The zero-order valence-corrected chi connectivity index (χ0v) is 7.62. The van der Waals surface area contributed by atoms with E-state index in [0.717, 1.165) is 19.5 Å². The fourth-order valence-corrected chi connectivity index (χ4v) is 1.54. The molecule has 1 unspecified atom stereocenters. The molecule has 1 rings (SSSR count). The molecule has 0 radical (unpaired) electrons. The molecule has 0 aliphatic carbocycles. The average Bonchev–Trinajstić information content (AvgIpc) is 1.85. The van der Waals surface area contributed by atoms with Crippen molar-refractivity contribution in [1.82, 2.24) is 5.32 Å². The Morgan fingerprint density at radius 3 is 3.18 bits per heavy atom. The van der Waals surface area contributed by atoms with E-state index in [4.69, 9.17) is 11.6 Å². The van der Waals surface area contributed by atoms with Crippen LogP contribution in [0.5, 0.6) is 0 Å². The topological polar surface area (TPSA) is 12.0 Å². The van der Waals surface area contributed by atoms with Gasteiger partial charge in [-0.1, -0.05) is 23.8 Å². The van der Waals surface area contributed by atoms with E-state index >= 15 is 0 Å². The van der Waals surface area contributed by atoms with Crippen molar-refractivity contribution < 1.29 is 0 Å². The SMILES string of the molecule is C=C(C)CC1=CC(Cl)CNC1. The standard InChI is InChI=1S/C9H14ClN/c1-7(2)3-8-4-9(10)6-11-5-8/h4,9,11H,1,3,5-6H2,2H3. The van der Waals surface area contributed by atoms with Gasteiger partial charge in [0.15, 0.2) is 0 Å². The van der Waals surface area contributed by atoms with Crippen molar-refractivity contribution in [3.8, 4) is 0 Å². The van der Waals surface area contributed by atoms with Gasteiger partial charge in [-0.15, -0.1) is 11.6 Å². The predicted octanol–water partition coefficient (Wildman–Crippen LogP) is 2.09. The van der Waals surface area contributed by atoms with E-state index in [-0.39, 0.29) is 5.38 Å². The molecular formula is C9H14ClN. The average molecular weight is 172 g/mol. The first kappa shape index (κ1) is 8.82. The Balaban J connectivity index is 2.49. The highest BCUT2D eigenvalue weighted by Gasteiger charge is 2.09. The van der Waals surface area contributed by atoms with Crippen LogP contribution in [0.25, 0.3) is 0 Å². The summed E-state index contributed by atoms with van der Waals surface area (Å²) in [4.78, 5) is 0. The van der Waals surface area contributed by atoms with Crippen LogP contribution >= 0.6 is 11.6 Å². The van der Waals surface area contributed by atoms with Crippen molar-refractivity contribution in [2.45, 2.75) is 18.7 Å². The van der Waals surface area contributed by atoms with Gasteiger partial charge in [-0.2, -0.15) is 0 Å². The molecule has 1 aliphatic heterocycles. The lowest BCUT2D eigenvalue weighted by atomic mass is 10.0. The normalized spacial score (nSPS) is 24.5. The first-order valence-corrected chi connectivity index (χ1v) is 4.31. The van der Waals surface area contributed by atoms with Gasteiger partial charge in [0, 0.05) is 13.1 Å². The van der Waals surface area contributed by atoms with Crippen LogP contribution in [0, 0.1) is 0 Å². The van der Waals surface area contributed by atoms with Crippen LogP contribution in [0.15, 0.2) is 23.8 Å². The smallest absolute Gasteiger partial charge is 0.0643 e. The molecule has 1 aliphatic rings. The van der Waals surface area contributed by atoms with Crippen molar-refractivity contribution >= 4 is 11.6 Å². The van der Waals surface area contributed by atoms with Crippen LogP contribution in [0.1, 0.15) is 13.3 Å². The molecule has 0 fully saturated rings.